The maximum absolute atomic E-state index is 13.4. The molecule has 3 N–H and O–H groups in total. The van der Waals surface area contributed by atoms with E-state index in [9.17, 15) is 31.9 Å². The molecular weight excluding hydrogens is 618 g/mol. The minimum atomic E-state index is -4.60. The second-order valence-electron chi connectivity index (χ2n) is 9.35. The van der Waals surface area contributed by atoms with Crippen molar-refractivity contribution in [2.75, 3.05) is 10.6 Å². The maximum Gasteiger partial charge on any atom is 0.416 e. The normalized spacial score (nSPS) is 12.3. The zero-order valence-corrected chi connectivity index (χ0v) is 24.5. The number of thioether (sulfide) groups is 1. The topological polar surface area (TPSA) is 87.3 Å². The first kappa shape index (κ1) is 32.3. The van der Waals surface area contributed by atoms with Gasteiger partial charge in [-0.25, -0.2) is 4.39 Å². The number of alkyl halides is 3. The van der Waals surface area contributed by atoms with Gasteiger partial charge >= 0.3 is 6.18 Å². The first-order valence-corrected chi connectivity index (χ1v) is 14.2. The summed E-state index contributed by atoms with van der Waals surface area (Å²) in [6.45, 7) is 1.56. The average molecular weight is 642 g/mol. The SMILES string of the molecule is CC(Sc1cccc(NC(=O)/C(=C/c2ccc(F)cc2)NC(=O)c2ccccc2)c1)C(=O)Nc1cc(C(F)(F)F)ccc1Cl. The van der Waals surface area contributed by atoms with E-state index in [4.69, 9.17) is 11.6 Å². The molecule has 0 aromatic heterocycles. The molecule has 0 saturated carbocycles. The summed E-state index contributed by atoms with van der Waals surface area (Å²) in [6.07, 6.45) is -3.20. The molecule has 0 aliphatic rings. The number of carbonyl (C=O) groups is 3. The molecule has 0 saturated heterocycles. The van der Waals surface area contributed by atoms with Crippen LogP contribution in [0.15, 0.2) is 108 Å². The van der Waals surface area contributed by atoms with Crippen molar-refractivity contribution in [2.24, 2.45) is 0 Å². The van der Waals surface area contributed by atoms with Crippen LogP contribution < -0.4 is 16.0 Å². The van der Waals surface area contributed by atoms with Gasteiger partial charge < -0.3 is 16.0 Å². The van der Waals surface area contributed by atoms with Gasteiger partial charge in [-0.05, 0) is 79.2 Å². The van der Waals surface area contributed by atoms with Gasteiger partial charge in [-0.1, -0.05) is 48.0 Å². The van der Waals surface area contributed by atoms with Gasteiger partial charge in [-0.15, -0.1) is 11.8 Å². The second-order valence-corrected chi connectivity index (χ2v) is 11.2. The molecule has 12 heteroatoms. The Hall–Kier alpha value is -4.61. The third-order valence-electron chi connectivity index (χ3n) is 6.04. The van der Waals surface area contributed by atoms with E-state index in [1.54, 1.807) is 61.5 Å². The minimum Gasteiger partial charge on any atom is -0.324 e. The van der Waals surface area contributed by atoms with Crippen LogP contribution in [0.2, 0.25) is 5.02 Å². The Bertz CT molecular complexity index is 1700. The summed E-state index contributed by atoms with van der Waals surface area (Å²) in [5.41, 5.74) is -0.0919. The van der Waals surface area contributed by atoms with Crippen molar-refractivity contribution in [1.82, 2.24) is 5.32 Å². The van der Waals surface area contributed by atoms with Crippen LogP contribution in [0, 0.1) is 5.82 Å². The molecule has 3 amide bonds. The smallest absolute Gasteiger partial charge is 0.324 e. The van der Waals surface area contributed by atoms with Crippen molar-refractivity contribution < 1.29 is 31.9 Å². The molecule has 1 atom stereocenters. The molecule has 44 heavy (non-hydrogen) atoms. The number of amides is 3. The first-order chi connectivity index (χ1) is 20.9. The summed E-state index contributed by atoms with van der Waals surface area (Å²) in [5, 5.41) is 6.93. The molecule has 0 radical (unpaired) electrons. The van der Waals surface area contributed by atoms with Crippen molar-refractivity contribution in [3.8, 4) is 0 Å². The van der Waals surface area contributed by atoms with Gasteiger partial charge in [0.25, 0.3) is 11.8 Å². The van der Waals surface area contributed by atoms with Gasteiger partial charge in [0.1, 0.15) is 11.5 Å². The van der Waals surface area contributed by atoms with Gasteiger partial charge in [-0.2, -0.15) is 13.2 Å². The third kappa shape index (κ3) is 8.95. The highest BCUT2D eigenvalue weighted by Crippen LogP contribution is 2.34. The molecule has 0 aliphatic carbocycles. The van der Waals surface area contributed by atoms with Gasteiger partial charge in [0.2, 0.25) is 5.91 Å². The Kier molecular flexibility index (Phi) is 10.5. The molecule has 4 aromatic rings. The third-order valence-corrected chi connectivity index (χ3v) is 7.46. The lowest BCUT2D eigenvalue weighted by atomic mass is 10.1. The molecule has 0 bridgehead atoms. The van der Waals surface area contributed by atoms with E-state index in [0.717, 1.165) is 30.0 Å². The van der Waals surface area contributed by atoms with Gasteiger partial charge in [0.05, 0.1) is 21.5 Å². The van der Waals surface area contributed by atoms with Crippen LogP contribution in [0.25, 0.3) is 6.08 Å². The molecule has 226 valence electrons. The van der Waals surface area contributed by atoms with Crippen molar-refractivity contribution in [3.63, 3.8) is 0 Å². The summed E-state index contributed by atoms with van der Waals surface area (Å²) in [4.78, 5) is 39.5. The highest BCUT2D eigenvalue weighted by molar-refractivity contribution is 8.00. The summed E-state index contributed by atoms with van der Waals surface area (Å²) in [7, 11) is 0. The zero-order chi connectivity index (χ0) is 31.9. The van der Waals surface area contributed by atoms with Crippen LogP contribution in [0.3, 0.4) is 0 Å². The number of hydrogen-bond donors (Lipinski definition) is 3. The zero-order valence-electron chi connectivity index (χ0n) is 22.9. The Morgan fingerprint density at radius 2 is 1.57 bits per heavy atom. The van der Waals surface area contributed by atoms with Gasteiger partial charge in [-0.3, -0.25) is 14.4 Å². The molecule has 4 aromatic carbocycles. The van der Waals surface area contributed by atoms with Crippen LogP contribution >= 0.6 is 23.4 Å². The molecular formula is C32H24ClF4N3O3S. The quantitative estimate of drug-likeness (QED) is 0.0981. The van der Waals surface area contributed by atoms with E-state index >= 15 is 0 Å². The van der Waals surface area contributed by atoms with Crippen LogP contribution in [0.1, 0.15) is 28.4 Å². The fourth-order valence-corrected chi connectivity index (χ4v) is 4.89. The number of carbonyl (C=O) groups excluding carboxylic acids is 3. The number of benzene rings is 4. The summed E-state index contributed by atoms with van der Waals surface area (Å²) < 4.78 is 52.7. The standard InChI is InChI=1S/C32H24ClF4N3O3S/c1-19(29(41)39-27-17-22(32(35,36)37)12-15-26(27)33)44-25-9-5-8-24(18-25)38-31(43)28(16-20-10-13-23(34)14-11-20)40-30(42)21-6-3-2-4-7-21/h2-19H,1H3,(H,38,43)(H,39,41)(H,40,42)/b28-16-. The average Bonchev–Trinajstić information content (AvgIpc) is 2.99. The summed E-state index contributed by atoms with van der Waals surface area (Å²) >= 11 is 7.10. The molecule has 0 heterocycles. The Morgan fingerprint density at radius 3 is 2.25 bits per heavy atom. The molecule has 0 spiro atoms. The van der Waals surface area contributed by atoms with Crippen LogP contribution in [0.4, 0.5) is 28.9 Å². The summed E-state index contributed by atoms with van der Waals surface area (Å²) in [5.74, 6) is -2.24. The Balaban J connectivity index is 1.47. The highest BCUT2D eigenvalue weighted by atomic mass is 35.5. The lowest BCUT2D eigenvalue weighted by Gasteiger charge is -2.15. The molecule has 0 aliphatic heterocycles. The van der Waals surface area contributed by atoms with E-state index in [1.807, 2.05) is 0 Å². The van der Waals surface area contributed by atoms with E-state index in [0.29, 0.717) is 21.7 Å². The lowest BCUT2D eigenvalue weighted by molar-refractivity contribution is -0.137. The van der Waals surface area contributed by atoms with Gasteiger partial charge in [0, 0.05) is 16.1 Å². The molecule has 6 nitrogen and oxygen atoms in total. The van der Waals surface area contributed by atoms with E-state index in [1.165, 1.54) is 30.3 Å². The van der Waals surface area contributed by atoms with Crippen molar-refractivity contribution in [3.05, 3.63) is 130 Å². The lowest BCUT2D eigenvalue weighted by Crippen LogP contribution is -2.30. The number of rotatable bonds is 9. The number of nitrogens with one attached hydrogen (secondary N) is 3. The van der Waals surface area contributed by atoms with Crippen LogP contribution in [0.5, 0.6) is 0 Å². The van der Waals surface area contributed by atoms with E-state index in [2.05, 4.69) is 16.0 Å². The molecule has 0 fully saturated rings. The minimum absolute atomic E-state index is 0.0443. The van der Waals surface area contributed by atoms with Crippen molar-refractivity contribution in [2.45, 2.75) is 23.2 Å². The summed E-state index contributed by atoms with van der Waals surface area (Å²) in [6, 6.07) is 22.8. The Labute approximate surface area is 259 Å². The van der Waals surface area contributed by atoms with Crippen molar-refractivity contribution in [1.29, 1.82) is 0 Å². The number of anilines is 2. The van der Waals surface area contributed by atoms with E-state index < -0.39 is 40.5 Å². The van der Waals surface area contributed by atoms with Crippen LogP contribution in [-0.4, -0.2) is 23.0 Å². The van der Waals surface area contributed by atoms with Gasteiger partial charge in [0.15, 0.2) is 0 Å². The predicted molar refractivity (Wildman–Crippen MR) is 164 cm³/mol. The Morgan fingerprint density at radius 1 is 0.864 bits per heavy atom. The maximum atomic E-state index is 13.4. The predicted octanol–water partition coefficient (Wildman–Crippen LogP) is 8.03. The van der Waals surface area contributed by atoms with E-state index in [-0.39, 0.29) is 16.4 Å². The second kappa shape index (κ2) is 14.2. The monoisotopic (exact) mass is 641 g/mol. The number of hydrogen-bond acceptors (Lipinski definition) is 4. The largest absolute Gasteiger partial charge is 0.416 e. The highest BCUT2D eigenvalue weighted by Gasteiger charge is 2.31. The van der Waals surface area contributed by atoms with Crippen molar-refractivity contribution >= 4 is 58.5 Å². The fourth-order valence-electron chi connectivity index (χ4n) is 3.80. The fraction of sp³-hybridized carbons (Fsp3) is 0.0938. The first-order valence-electron chi connectivity index (χ1n) is 13.0. The molecule has 4 rings (SSSR count). The van der Waals surface area contributed by atoms with Crippen LogP contribution in [-0.2, 0) is 15.8 Å². The number of halogens is 5. The molecule has 1 unspecified atom stereocenters.